The van der Waals surface area contributed by atoms with Gasteiger partial charge >= 0.3 is 0 Å². The van der Waals surface area contributed by atoms with E-state index in [2.05, 4.69) is 33.6 Å². The standard InChI is InChI=1S/C24H24ClN3O2/c25-22-9-5-4-8-21(22)24(29)27-26-17-20-11-10-19(16-18-6-2-1-3-7-18)23(20)28-12-14-30-15-13-28/h1-9,16-17H,10-15H2,(H,27,29)/b19-16?,26-17-. The molecule has 1 N–H and O–H groups in total. The smallest absolute Gasteiger partial charge is 0.272 e. The molecule has 1 amide bonds. The molecule has 1 fully saturated rings. The van der Waals surface area contributed by atoms with Crippen molar-refractivity contribution in [1.82, 2.24) is 10.3 Å². The van der Waals surface area contributed by atoms with Crippen molar-refractivity contribution in [3.8, 4) is 0 Å². The normalized spacial score (nSPS) is 18.4. The van der Waals surface area contributed by atoms with E-state index in [1.54, 1.807) is 30.5 Å². The molecule has 0 radical (unpaired) electrons. The van der Waals surface area contributed by atoms with Gasteiger partial charge in [-0.15, -0.1) is 0 Å². The monoisotopic (exact) mass is 421 g/mol. The van der Waals surface area contributed by atoms with Crippen LogP contribution in [-0.4, -0.2) is 43.3 Å². The van der Waals surface area contributed by atoms with Crippen LogP contribution in [0.1, 0.15) is 28.8 Å². The first-order chi connectivity index (χ1) is 14.7. The zero-order chi connectivity index (χ0) is 20.8. The number of hydrogen-bond acceptors (Lipinski definition) is 4. The number of ether oxygens (including phenoxy) is 1. The van der Waals surface area contributed by atoms with Gasteiger partial charge in [0.2, 0.25) is 0 Å². The number of hydrogen-bond donors (Lipinski definition) is 1. The summed E-state index contributed by atoms with van der Waals surface area (Å²) in [6.07, 6.45) is 5.84. The highest BCUT2D eigenvalue weighted by Crippen LogP contribution is 2.35. The lowest BCUT2D eigenvalue weighted by Gasteiger charge is -2.31. The second-order valence-corrected chi connectivity index (χ2v) is 7.64. The topological polar surface area (TPSA) is 53.9 Å². The Morgan fingerprint density at radius 3 is 2.53 bits per heavy atom. The van der Waals surface area contributed by atoms with Crippen LogP contribution in [0.2, 0.25) is 5.02 Å². The van der Waals surface area contributed by atoms with Crippen LogP contribution in [0.4, 0.5) is 0 Å². The highest BCUT2D eigenvalue weighted by atomic mass is 35.5. The molecule has 6 heteroatoms. The Morgan fingerprint density at radius 2 is 1.77 bits per heavy atom. The zero-order valence-corrected chi connectivity index (χ0v) is 17.4. The number of halogens is 1. The molecule has 2 aromatic rings. The Bertz CT molecular complexity index is 993. The first-order valence-corrected chi connectivity index (χ1v) is 10.5. The Kier molecular flexibility index (Phi) is 6.62. The van der Waals surface area contributed by atoms with E-state index in [0.717, 1.165) is 44.7 Å². The fraction of sp³-hybridized carbons (Fsp3) is 0.250. The summed E-state index contributed by atoms with van der Waals surface area (Å²) in [4.78, 5) is 14.7. The van der Waals surface area contributed by atoms with E-state index in [0.29, 0.717) is 10.6 Å². The maximum absolute atomic E-state index is 12.4. The van der Waals surface area contributed by atoms with Gasteiger partial charge in [-0.1, -0.05) is 54.1 Å². The highest BCUT2D eigenvalue weighted by molar-refractivity contribution is 6.33. The summed E-state index contributed by atoms with van der Waals surface area (Å²) >= 11 is 6.10. The van der Waals surface area contributed by atoms with Crippen LogP contribution in [0.5, 0.6) is 0 Å². The van der Waals surface area contributed by atoms with Gasteiger partial charge in [0.05, 0.1) is 30.0 Å². The van der Waals surface area contributed by atoms with Crippen molar-refractivity contribution in [2.45, 2.75) is 12.8 Å². The number of allylic oxidation sites excluding steroid dienone is 2. The van der Waals surface area contributed by atoms with Gasteiger partial charge in [-0.2, -0.15) is 5.10 Å². The molecule has 1 aliphatic heterocycles. The van der Waals surface area contributed by atoms with E-state index in [9.17, 15) is 4.79 Å². The average molecular weight is 422 g/mol. The van der Waals surface area contributed by atoms with E-state index in [-0.39, 0.29) is 5.91 Å². The molecule has 0 unspecified atom stereocenters. The lowest BCUT2D eigenvalue weighted by Crippen LogP contribution is -2.36. The molecular formula is C24H24ClN3O2. The number of hydrazone groups is 1. The Balaban J connectivity index is 1.57. The fourth-order valence-electron chi connectivity index (χ4n) is 3.80. The third kappa shape index (κ3) is 4.81. The molecule has 154 valence electrons. The first kappa shape index (κ1) is 20.4. The Morgan fingerprint density at radius 1 is 1.03 bits per heavy atom. The lowest BCUT2D eigenvalue weighted by molar-refractivity contribution is 0.0548. The molecule has 4 rings (SSSR count). The van der Waals surface area contributed by atoms with Crippen molar-refractivity contribution in [3.63, 3.8) is 0 Å². The van der Waals surface area contributed by atoms with Crippen LogP contribution >= 0.6 is 11.6 Å². The molecule has 0 saturated carbocycles. The number of rotatable bonds is 5. The van der Waals surface area contributed by atoms with E-state index < -0.39 is 0 Å². The number of carbonyl (C=O) groups is 1. The molecule has 0 atom stereocenters. The molecule has 1 heterocycles. The molecule has 1 saturated heterocycles. The second kappa shape index (κ2) is 9.74. The van der Waals surface area contributed by atoms with Crippen LogP contribution in [0.3, 0.4) is 0 Å². The minimum atomic E-state index is -0.316. The summed E-state index contributed by atoms with van der Waals surface area (Å²) < 4.78 is 5.53. The third-order valence-electron chi connectivity index (χ3n) is 5.24. The van der Waals surface area contributed by atoms with Crippen molar-refractivity contribution < 1.29 is 9.53 Å². The lowest BCUT2D eigenvalue weighted by atomic mass is 10.1. The molecule has 0 bridgehead atoms. The minimum absolute atomic E-state index is 0.316. The predicted molar refractivity (Wildman–Crippen MR) is 120 cm³/mol. The van der Waals surface area contributed by atoms with Crippen molar-refractivity contribution >= 4 is 29.8 Å². The average Bonchev–Trinajstić information content (AvgIpc) is 3.17. The van der Waals surface area contributed by atoms with Gasteiger partial charge in [-0.3, -0.25) is 4.79 Å². The molecule has 30 heavy (non-hydrogen) atoms. The van der Waals surface area contributed by atoms with Crippen LogP contribution in [0.15, 0.2) is 76.5 Å². The van der Waals surface area contributed by atoms with E-state index in [4.69, 9.17) is 16.3 Å². The number of morpholine rings is 1. The van der Waals surface area contributed by atoms with E-state index >= 15 is 0 Å². The number of nitrogens with zero attached hydrogens (tertiary/aromatic N) is 2. The van der Waals surface area contributed by atoms with Gasteiger partial charge in [-0.25, -0.2) is 5.43 Å². The first-order valence-electron chi connectivity index (χ1n) is 10.1. The van der Waals surface area contributed by atoms with Gasteiger partial charge in [0.15, 0.2) is 0 Å². The quantitative estimate of drug-likeness (QED) is 0.570. The molecular weight excluding hydrogens is 398 g/mol. The molecule has 1 aliphatic carbocycles. The zero-order valence-electron chi connectivity index (χ0n) is 16.7. The maximum Gasteiger partial charge on any atom is 0.272 e. The molecule has 0 aromatic heterocycles. The predicted octanol–water partition coefficient (Wildman–Crippen LogP) is 4.52. The number of nitrogens with one attached hydrogen (secondary N) is 1. The minimum Gasteiger partial charge on any atom is -0.378 e. The summed E-state index contributed by atoms with van der Waals surface area (Å²) in [5.74, 6) is -0.316. The van der Waals surface area contributed by atoms with Crippen LogP contribution in [-0.2, 0) is 4.74 Å². The molecule has 5 nitrogen and oxygen atoms in total. The summed E-state index contributed by atoms with van der Waals surface area (Å²) in [6, 6.07) is 17.3. The Labute approximate surface area is 181 Å². The molecule has 0 spiro atoms. The Hall–Kier alpha value is -2.89. The summed E-state index contributed by atoms with van der Waals surface area (Å²) in [6.45, 7) is 3.14. The van der Waals surface area contributed by atoms with Crippen molar-refractivity contribution in [2.24, 2.45) is 5.10 Å². The van der Waals surface area contributed by atoms with Crippen LogP contribution in [0.25, 0.3) is 6.08 Å². The summed E-state index contributed by atoms with van der Waals surface area (Å²) in [5.41, 5.74) is 7.82. The van der Waals surface area contributed by atoms with Gasteiger partial charge in [0, 0.05) is 18.8 Å². The van der Waals surface area contributed by atoms with Gasteiger partial charge in [0.1, 0.15) is 0 Å². The van der Waals surface area contributed by atoms with Gasteiger partial charge in [-0.05, 0) is 47.8 Å². The van der Waals surface area contributed by atoms with Crippen LogP contribution in [0, 0.1) is 0 Å². The van der Waals surface area contributed by atoms with E-state index in [1.807, 2.05) is 18.2 Å². The summed E-state index contributed by atoms with van der Waals surface area (Å²) in [5, 5.41) is 4.64. The SMILES string of the molecule is O=C(N/N=C\C1=C(N2CCOCC2)C(=Cc2ccccc2)CC1)c1ccccc1Cl. The second-order valence-electron chi connectivity index (χ2n) is 7.23. The fourth-order valence-corrected chi connectivity index (χ4v) is 4.02. The summed E-state index contributed by atoms with van der Waals surface area (Å²) in [7, 11) is 0. The van der Waals surface area contributed by atoms with E-state index in [1.165, 1.54) is 16.8 Å². The number of benzene rings is 2. The highest BCUT2D eigenvalue weighted by Gasteiger charge is 2.25. The van der Waals surface area contributed by atoms with Crippen molar-refractivity contribution in [1.29, 1.82) is 0 Å². The molecule has 2 aromatic carbocycles. The molecule has 2 aliphatic rings. The third-order valence-corrected chi connectivity index (χ3v) is 5.57. The number of amides is 1. The largest absolute Gasteiger partial charge is 0.378 e. The number of carbonyl (C=O) groups excluding carboxylic acids is 1. The van der Waals surface area contributed by atoms with Gasteiger partial charge in [0.25, 0.3) is 5.91 Å². The maximum atomic E-state index is 12.4. The van der Waals surface area contributed by atoms with Gasteiger partial charge < -0.3 is 9.64 Å². The van der Waals surface area contributed by atoms with Crippen molar-refractivity contribution in [3.05, 3.63) is 87.6 Å². The van der Waals surface area contributed by atoms with Crippen LogP contribution < -0.4 is 5.43 Å². The van der Waals surface area contributed by atoms with Crippen molar-refractivity contribution in [2.75, 3.05) is 26.3 Å².